The molecule has 150 valence electrons. The number of amides is 1. The highest BCUT2D eigenvalue weighted by atomic mass is 32.1. The predicted molar refractivity (Wildman–Crippen MR) is 105 cm³/mol. The van der Waals surface area contributed by atoms with E-state index in [2.05, 4.69) is 10.3 Å². The number of carboxylic acid groups (broad SMARTS) is 1. The van der Waals surface area contributed by atoms with Crippen LogP contribution >= 0.6 is 11.3 Å². The molecule has 0 spiro atoms. The summed E-state index contributed by atoms with van der Waals surface area (Å²) in [6.07, 6.45) is 2.23. The number of benzene rings is 1. The van der Waals surface area contributed by atoms with E-state index in [9.17, 15) is 19.5 Å². The summed E-state index contributed by atoms with van der Waals surface area (Å²) in [6.45, 7) is 1.73. The standard InChI is InChI=1S/C20H24N2O5S/c1-13-21-11-18(28-13)19(24)22-16(9-8-14-6-4-3-5-7-14)17(23)10-15(12-27-2)20(25)26/h3-7,11,15-16H,8-10,12H2,1-2H3,(H,22,24)(H,25,26)/t15-,16-/m0/s1. The van der Waals surface area contributed by atoms with Crippen LogP contribution in [-0.2, 0) is 20.7 Å². The van der Waals surface area contributed by atoms with Crippen molar-refractivity contribution >= 4 is 29.0 Å². The number of nitrogens with zero attached hydrogens (tertiary/aromatic N) is 1. The first-order chi connectivity index (χ1) is 13.4. The van der Waals surface area contributed by atoms with Crippen molar-refractivity contribution in [1.29, 1.82) is 0 Å². The normalized spacial score (nSPS) is 12.9. The maximum absolute atomic E-state index is 12.8. The zero-order valence-corrected chi connectivity index (χ0v) is 16.7. The summed E-state index contributed by atoms with van der Waals surface area (Å²) in [6, 6.07) is 8.83. The molecule has 0 radical (unpaired) electrons. The fourth-order valence-corrected chi connectivity index (χ4v) is 3.45. The fraction of sp³-hybridized carbons (Fsp3) is 0.400. The lowest BCUT2D eigenvalue weighted by Crippen LogP contribution is -2.42. The van der Waals surface area contributed by atoms with E-state index in [0.29, 0.717) is 17.7 Å². The van der Waals surface area contributed by atoms with E-state index in [0.717, 1.165) is 10.6 Å². The number of methoxy groups -OCH3 is 1. The highest BCUT2D eigenvalue weighted by molar-refractivity contribution is 7.13. The van der Waals surface area contributed by atoms with E-state index < -0.39 is 17.9 Å². The van der Waals surface area contributed by atoms with Gasteiger partial charge in [0.2, 0.25) is 0 Å². The van der Waals surface area contributed by atoms with E-state index >= 15 is 0 Å². The average molecular weight is 404 g/mol. The molecule has 1 amide bonds. The summed E-state index contributed by atoms with van der Waals surface area (Å²) in [5.41, 5.74) is 1.04. The Balaban J connectivity index is 2.10. The Bertz CT molecular complexity index is 806. The highest BCUT2D eigenvalue weighted by Crippen LogP contribution is 2.15. The minimum atomic E-state index is -1.10. The molecule has 0 saturated carbocycles. The molecule has 1 heterocycles. The Hall–Kier alpha value is -2.58. The number of hydrogen-bond donors (Lipinski definition) is 2. The molecule has 1 aromatic heterocycles. The maximum Gasteiger partial charge on any atom is 0.309 e. The first kappa shape index (κ1) is 21.7. The van der Waals surface area contributed by atoms with E-state index in [-0.39, 0.29) is 24.7 Å². The number of ether oxygens (including phenoxy) is 1. The summed E-state index contributed by atoms with van der Waals surface area (Å²) in [4.78, 5) is 41.1. The van der Waals surface area contributed by atoms with Crippen LogP contribution in [0.25, 0.3) is 0 Å². The van der Waals surface area contributed by atoms with Gasteiger partial charge in [-0.1, -0.05) is 30.3 Å². The van der Waals surface area contributed by atoms with Gasteiger partial charge in [0.25, 0.3) is 5.91 Å². The number of Topliss-reactive ketones (excluding diaryl/α,β-unsaturated/α-hetero) is 1. The number of thiazole rings is 1. The van der Waals surface area contributed by atoms with E-state index in [1.165, 1.54) is 24.6 Å². The van der Waals surface area contributed by atoms with E-state index in [4.69, 9.17) is 4.74 Å². The first-order valence-corrected chi connectivity index (χ1v) is 9.74. The van der Waals surface area contributed by atoms with Crippen LogP contribution in [0.15, 0.2) is 36.5 Å². The molecular weight excluding hydrogens is 380 g/mol. The largest absolute Gasteiger partial charge is 0.481 e. The fourth-order valence-electron chi connectivity index (χ4n) is 2.77. The Morgan fingerprint density at radius 1 is 1.25 bits per heavy atom. The molecule has 2 N–H and O–H groups in total. The lowest BCUT2D eigenvalue weighted by Gasteiger charge is -2.19. The zero-order chi connectivity index (χ0) is 20.5. The number of carbonyl (C=O) groups excluding carboxylic acids is 2. The minimum Gasteiger partial charge on any atom is -0.481 e. The molecule has 0 aliphatic heterocycles. The molecular formula is C20H24N2O5S. The number of hydrogen-bond acceptors (Lipinski definition) is 6. The molecule has 8 heteroatoms. The number of ketones is 1. The summed E-state index contributed by atoms with van der Waals surface area (Å²) in [5.74, 6) is -2.74. The van der Waals surface area contributed by atoms with Gasteiger partial charge in [0.1, 0.15) is 4.88 Å². The number of carbonyl (C=O) groups is 3. The van der Waals surface area contributed by atoms with Crippen LogP contribution in [0.2, 0.25) is 0 Å². The van der Waals surface area contributed by atoms with Gasteiger partial charge in [0.05, 0.1) is 29.8 Å². The maximum atomic E-state index is 12.8. The summed E-state index contributed by atoms with van der Waals surface area (Å²) >= 11 is 1.24. The van der Waals surface area contributed by atoms with E-state index in [1.807, 2.05) is 30.3 Å². The van der Waals surface area contributed by atoms with Gasteiger partial charge in [-0.2, -0.15) is 0 Å². The molecule has 28 heavy (non-hydrogen) atoms. The second-order valence-corrected chi connectivity index (χ2v) is 7.69. The third-order valence-electron chi connectivity index (χ3n) is 4.27. The molecule has 0 fully saturated rings. The Morgan fingerprint density at radius 2 is 1.96 bits per heavy atom. The molecule has 2 rings (SSSR count). The molecule has 7 nitrogen and oxygen atoms in total. The molecule has 0 unspecified atom stereocenters. The van der Waals surface area contributed by atoms with Crippen molar-refractivity contribution in [3.63, 3.8) is 0 Å². The number of aliphatic carboxylic acids is 1. The van der Waals surface area contributed by atoms with Crippen LogP contribution < -0.4 is 5.32 Å². The molecule has 2 aromatic rings. The van der Waals surface area contributed by atoms with Crippen LogP contribution in [0.5, 0.6) is 0 Å². The van der Waals surface area contributed by atoms with Crippen molar-refractivity contribution in [2.75, 3.05) is 13.7 Å². The monoisotopic (exact) mass is 404 g/mol. The number of aromatic nitrogens is 1. The lowest BCUT2D eigenvalue weighted by molar-refractivity contribution is -0.145. The van der Waals surface area contributed by atoms with Crippen molar-refractivity contribution in [2.45, 2.75) is 32.2 Å². The Morgan fingerprint density at radius 3 is 2.54 bits per heavy atom. The van der Waals surface area contributed by atoms with Crippen molar-refractivity contribution in [1.82, 2.24) is 10.3 Å². The van der Waals surface area contributed by atoms with Crippen LogP contribution in [0.3, 0.4) is 0 Å². The molecule has 0 aliphatic carbocycles. The molecule has 1 aromatic carbocycles. The average Bonchev–Trinajstić information content (AvgIpc) is 3.11. The molecule has 0 aliphatic rings. The number of nitrogens with one attached hydrogen (secondary N) is 1. The highest BCUT2D eigenvalue weighted by Gasteiger charge is 2.28. The Labute approximate surface area is 167 Å². The van der Waals surface area contributed by atoms with Gasteiger partial charge in [-0.25, -0.2) is 4.98 Å². The van der Waals surface area contributed by atoms with Gasteiger partial charge < -0.3 is 15.2 Å². The first-order valence-electron chi connectivity index (χ1n) is 8.92. The summed E-state index contributed by atoms with van der Waals surface area (Å²) < 4.78 is 4.90. The van der Waals surface area contributed by atoms with E-state index in [1.54, 1.807) is 6.92 Å². The smallest absolute Gasteiger partial charge is 0.309 e. The lowest BCUT2D eigenvalue weighted by atomic mass is 9.95. The minimum absolute atomic E-state index is 0.0610. The van der Waals surface area contributed by atoms with Gasteiger partial charge in [0.15, 0.2) is 5.78 Å². The molecule has 0 bridgehead atoms. The van der Waals surface area contributed by atoms with Gasteiger partial charge in [-0.15, -0.1) is 11.3 Å². The van der Waals surface area contributed by atoms with Crippen molar-refractivity contribution in [3.05, 3.63) is 52.0 Å². The van der Waals surface area contributed by atoms with Crippen LogP contribution in [0, 0.1) is 12.8 Å². The Kier molecular flexibility index (Phi) is 8.28. The van der Waals surface area contributed by atoms with Crippen LogP contribution in [0.1, 0.15) is 33.1 Å². The topological polar surface area (TPSA) is 106 Å². The predicted octanol–water partition coefficient (Wildman–Crippen LogP) is 2.49. The van der Waals surface area contributed by atoms with Gasteiger partial charge >= 0.3 is 5.97 Å². The second kappa shape index (κ2) is 10.7. The van der Waals surface area contributed by atoms with Crippen molar-refractivity contribution in [2.24, 2.45) is 5.92 Å². The zero-order valence-electron chi connectivity index (χ0n) is 15.9. The van der Waals surface area contributed by atoms with Gasteiger partial charge in [-0.3, -0.25) is 14.4 Å². The van der Waals surface area contributed by atoms with Crippen molar-refractivity contribution in [3.8, 4) is 0 Å². The second-order valence-electron chi connectivity index (χ2n) is 6.45. The summed E-state index contributed by atoms with van der Waals surface area (Å²) in [7, 11) is 1.39. The van der Waals surface area contributed by atoms with Crippen LogP contribution in [0.4, 0.5) is 0 Å². The van der Waals surface area contributed by atoms with Gasteiger partial charge in [-0.05, 0) is 25.3 Å². The third-order valence-corrected chi connectivity index (χ3v) is 5.18. The molecule has 0 saturated heterocycles. The van der Waals surface area contributed by atoms with Crippen LogP contribution in [-0.4, -0.2) is 47.5 Å². The quantitative estimate of drug-likeness (QED) is 0.596. The van der Waals surface area contributed by atoms with Crippen molar-refractivity contribution < 1.29 is 24.2 Å². The third kappa shape index (κ3) is 6.54. The number of rotatable bonds is 11. The molecule has 2 atom stereocenters. The number of aryl methyl sites for hydroxylation is 2. The SMILES string of the molecule is COC[C@H](CC(=O)[C@H](CCc1ccccc1)NC(=O)c1cnc(C)s1)C(=O)O. The summed E-state index contributed by atoms with van der Waals surface area (Å²) in [5, 5.41) is 12.8. The van der Waals surface area contributed by atoms with Gasteiger partial charge in [0, 0.05) is 13.5 Å². The number of carboxylic acids is 1.